The van der Waals surface area contributed by atoms with Gasteiger partial charge in [0.05, 0.1) is 18.0 Å². The summed E-state index contributed by atoms with van der Waals surface area (Å²) in [6.07, 6.45) is 0.317. The molecule has 4 rings (SSSR count). The molecule has 2 aliphatic rings. The smallest absolute Gasteiger partial charge is 0.305 e. The van der Waals surface area contributed by atoms with Gasteiger partial charge in [0.15, 0.2) is 0 Å². The highest BCUT2D eigenvalue weighted by molar-refractivity contribution is 6.01. The topological polar surface area (TPSA) is 195 Å². The average Bonchev–Trinajstić information content (AvgIpc) is 3.28. The summed E-state index contributed by atoms with van der Waals surface area (Å²) in [6.45, 7) is 0.213. The van der Waals surface area contributed by atoms with E-state index in [-0.39, 0.29) is 37.3 Å². The number of H-pyrrole nitrogens is 1. The Morgan fingerprint density at radius 2 is 2.06 bits per heavy atom. The number of carboxylic acids is 1. The monoisotopic (exact) mass is 485 g/mol. The Hall–Kier alpha value is -4.36. The lowest BCUT2D eigenvalue weighted by Crippen LogP contribution is -2.64. The van der Waals surface area contributed by atoms with Crippen molar-refractivity contribution >= 4 is 46.9 Å². The molecular weight excluding hydrogens is 462 g/mol. The number of aliphatic carboxylic acids is 1. The lowest BCUT2D eigenvalue weighted by molar-refractivity contribution is -0.176. The van der Waals surface area contributed by atoms with E-state index in [1.807, 2.05) is 0 Å². The third-order valence-electron chi connectivity index (χ3n) is 5.94. The first-order valence-corrected chi connectivity index (χ1v) is 11.0. The minimum Gasteiger partial charge on any atom is -0.481 e. The SMILES string of the molecule is O=CC(CC(=O)O)NC(=O)C1CCCN2C(=O)CCC(NC(=O)c3ccc4nn[nH]c4c3)C(=O)N12. The highest BCUT2D eigenvalue weighted by atomic mass is 16.4. The van der Waals surface area contributed by atoms with E-state index < -0.39 is 48.2 Å². The van der Waals surface area contributed by atoms with Crippen molar-refractivity contribution in [1.29, 1.82) is 0 Å². The molecule has 0 bridgehead atoms. The molecule has 0 aliphatic carbocycles. The van der Waals surface area contributed by atoms with Crippen LogP contribution in [0.2, 0.25) is 0 Å². The van der Waals surface area contributed by atoms with Gasteiger partial charge >= 0.3 is 5.97 Å². The van der Waals surface area contributed by atoms with Crippen molar-refractivity contribution in [3.05, 3.63) is 23.8 Å². The third kappa shape index (κ3) is 4.95. The number of carbonyl (C=O) groups is 6. The molecule has 1 aromatic carbocycles. The second kappa shape index (κ2) is 9.87. The molecule has 3 atom stereocenters. The van der Waals surface area contributed by atoms with E-state index in [2.05, 4.69) is 26.0 Å². The molecule has 2 aromatic rings. The molecule has 0 spiro atoms. The number of hydrogen-bond acceptors (Lipinski definition) is 8. The van der Waals surface area contributed by atoms with Crippen LogP contribution >= 0.6 is 0 Å². The number of hydrogen-bond donors (Lipinski definition) is 4. The van der Waals surface area contributed by atoms with E-state index in [1.165, 1.54) is 17.1 Å². The van der Waals surface area contributed by atoms with Crippen molar-refractivity contribution in [2.75, 3.05) is 6.54 Å². The van der Waals surface area contributed by atoms with Crippen LogP contribution < -0.4 is 10.6 Å². The summed E-state index contributed by atoms with van der Waals surface area (Å²) >= 11 is 0. The van der Waals surface area contributed by atoms with Crippen LogP contribution in [0.5, 0.6) is 0 Å². The van der Waals surface area contributed by atoms with E-state index in [0.717, 1.165) is 5.01 Å². The Morgan fingerprint density at radius 3 is 2.80 bits per heavy atom. The summed E-state index contributed by atoms with van der Waals surface area (Å²) in [5.74, 6) is -3.61. The standard InChI is InChI=1S/C21H23N7O7/c29-10-12(9-18(31)32)22-20(34)16-2-1-7-27-17(30)6-5-14(21(35)28(16)27)23-19(33)11-3-4-13-15(8-11)25-26-24-13/h3-4,8,10,12,14,16H,1-2,5-7,9H2,(H,22,34)(H,23,33)(H,31,32)(H,24,25,26). The van der Waals surface area contributed by atoms with Crippen molar-refractivity contribution in [2.45, 2.75) is 50.2 Å². The zero-order chi connectivity index (χ0) is 25.1. The zero-order valence-corrected chi connectivity index (χ0v) is 18.5. The van der Waals surface area contributed by atoms with Gasteiger partial charge in [0.2, 0.25) is 11.8 Å². The summed E-state index contributed by atoms with van der Waals surface area (Å²) in [7, 11) is 0. The number of aromatic amines is 1. The maximum absolute atomic E-state index is 13.5. The van der Waals surface area contributed by atoms with Crippen molar-refractivity contribution in [3.63, 3.8) is 0 Å². The average molecular weight is 485 g/mol. The van der Waals surface area contributed by atoms with Crippen molar-refractivity contribution in [3.8, 4) is 0 Å². The summed E-state index contributed by atoms with van der Waals surface area (Å²) in [5.41, 5.74) is 1.34. The number of rotatable bonds is 7. The van der Waals surface area contributed by atoms with Gasteiger partial charge in [-0.15, -0.1) is 5.10 Å². The predicted molar refractivity (Wildman–Crippen MR) is 116 cm³/mol. The second-order valence-corrected chi connectivity index (χ2v) is 8.32. The van der Waals surface area contributed by atoms with E-state index in [4.69, 9.17) is 5.11 Å². The number of carbonyl (C=O) groups excluding carboxylic acids is 5. The van der Waals surface area contributed by atoms with E-state index in [0.29, 0.717) is 23.7 Å². The van der Waals surface area contributed by atoms with Crippen LogP contribution in [0.1, 0.15) is 42.5 Å². The number of aromatic nitrogens is 3. The minimum absolute atomic E-state index is 0.0268. The first kappa shape index (κ1) is 23.8. The van der Waals surface area contributed by atoms with Gasteiger partial charge in [0.25, 0.3) is 11.8 Å². The van der Waals surface area contributed by atoms with Crippen LogP contribution in [0.3, 0.4) is 0 Å². The summed E-state index contributed by atoms with van der Waals surface area (Å²) in [6, 6.07) is 1.15. The maximum Gasteiger partial charge on any atom is 0.305 e. The molecule has 14 heteroatoms. The first-order chi connectivity index (χ1) is 16.8. The molecule has 4 N–H and O–H groups in total. The quantitative estimate of drug-likeness (QED) is 0.346. The Labute approximate surface area is 198 Å². The number of carboxylic acid groups (broad SMARTS) is 1. The van der Waals surface area contributed by atoms with Gasteiger partial charge in [-0.3, -0.25) is 34.1 Å². The van der Waals surface area contributed by atoms with Gasteiger partial charge in [-0.2, -0.15) is 0 Å². The van der Waals surface area contributed by atoms with E-state index in [9.17, 15) is 28.8 Å². The number of fused-ring (bicyclic) bond motifs is 2. The van der Waals surface area contributed by atoms with Crippen LogP contribution in [0, 0.1) is 0 Å². The molecule has 2 aliphatic heterocycles. The van der Waals surface area contributed by atoms with Crippen LogP contribution in [-0.2, 0) is 24.0 Å². The van der Waals surface area contributed by atoms with E-state index >= 15 is 0 Å². The molecular formula is C21H23N7O7. The molecule has 0 radical (unpaired) electrons. The van der Waals surface area contributed by atoms with Gasteiger partial charge in [0.1, 0.15) is 23.9 Å². The highest BCUT2D eigenvalue weighted by Crippen LogP contribution is 2.25. The fourth-order valence-electron chi connectivity index (χ4n) is 4.23. The maximum atomic E-state index is 13.5. The van der Waals surface area contributed by atoms with Crippen LogP contribution in [0.4, 0.5) is 0 Å². The highest BCUT2D eigenvalue weighted by Gasteiger charge is 2.45. The molecule has 35 heavy (non-hydrogen) atoms. The van der Waals surface area contributed by atoms with Gasteiger partial charge in [-0.25, -0.2) is 5.01 Å². The van der Waals surface area contributed by atoms with Crippen molar-refractivity contribution in [2.24, 2.45) is 0 Å². The summed E-state index contributed by atoms with van der Waals surface area (Å²) in [4.78, 5) is 74.1. The fourth-order valence-corrected chi connectivity index (χ4v) is 4.23. The van der Waals surface area contributed by atoms with Crippen LogP contribution in [-0.4, -0.2) is 91.1 Å². The molecule has 3 heterocycles. The first-order valence-electron chi connectivity index (χ1n) is 11.0. The minimum atomic E-state index is -1.28. The third-order valence-corrected chi connectivity index (χ3v) is 5.94. The number of aldehydes is 1. The molecule has 184 valence electrons. The Morgan fingerprint density at radius 1 is 1.26 bits per heavy atom. The largest absolute Gasteiger partial charge is 0.481 e. The summed E-state index contributed by atoms with van der Waals surface area (Å²) < 4.78 is 0. The molecule has 14 nitrogen and oxygen atoms in total. The molecule has 2 saturated heterocycles. The molecule has 1 aromatic heterocycles. The second-order valence-electron chi connectivity index (χ2n) is 8.32. The molecule has 0 saturated carbocycles. The van der Waals surface area contributed by atoms with Crippen LogP contribution in [0.25, 0.3) is 11.0 Å². The van der Waals surface area contributed by atoms with Gasteiger partial charge in [0, 0.05) is 18.5 Å². The number of nitrogens with zero attached hydrogens (tertiary/aromatic N) is 4. The van der Waals surface area contributed by atoms with E-state index in [1.54, 1.807) is 6.07 Å². The number of benzene rings is 1. The normalized spacial score (nSPS) is 21.1. The van der Waals surface area contributed by atoms with Crippen molar-refractivity contribution in [1.82, 2.24) is 36.1 Å². The summed E-state index contributed by atoms with van der Waals surface area (Å²) in [5, 5.41) is 26.3. The van der Waals surface area contributed by atoms with Gasteiger partial charge < -0.3 is 20.5 Å². The lowest BCUT2D eigenvalue weighted by atomic mass is 10.0. The molecule has 4 amide bonds. The Balaban J connectivity index is 1.54. The van der Waals surface area contributed by atoms with Crippen LogP contribution in [0.15, 0.2) is 18.2 Å². The molecule has 2 fully saturated rings. The number of hydrazine groups is 1. The number of nitrogens with one attached hydrogen (secondary N) is 3. The number of amides is 4. The molecule has 3 unspecified atom stereocenters. The predicted octanol–water partition coefficient (Wildman–Crippen LogP) is -1.26. The fraction of sp³-hybridized carbons (Fsp3) is 0.429. The van der Waals surface area contributed by atoms with Gasteiger partial charge in [-0.05, 0) is 37.5 Å². The lowest BCUT2D eigenvalue weighted by Gasteiger charge is -2.43. The zero-order valence-electron chi connectivity index (χ0n) is 18.5. The Bertz CT molecular complexity index is 1200. The Kier molecular flexibility index (Phi) is 6.71. The van der Waals surface area contributed by atoms with Crippen molar-refractivity contribution < 1.29 is 33.9 Å². The van der Waals surface area contributed by atoms with Gasteiger partial charge in [-0.1, -0.05) is 5.21 Å².